The number of anilines is 3. The van der Waals surface area contributed by atoms with Gasteiger partial charge in [-0.15, -0.1) is 0 Å². The Hall–Kier alpha value is -3.34. The van der Waals surface area contributed by atoms with Crippen molar-refractivity contribution in [2.24, 2.45) is 11.7 Å². The monoisotopic (exact) mass is 556 g/mol. The van der Waals surface area contributed by atoms with Crippen LogP contribution in [0, 0.1) is 17.2 Å². The van der Waals surface area contributed by atoms with Gasteiger partial charge in [-0.3, -0.25) is 9.36 Å². The summed E-state index contributed by atoms with van der Waals surface area (Å²) in [6.45, 7) is -1.20. The molecule has 15 heteroatoms. The third kappa shape index (κ3) is 5.66. The number of aromatic nitrogens is 4. The normalized spacial score (nSPS) is 18.8. The van der Waals surface area contributed by atoms with Crippen molar-refractivity contribution in [3.63, 3.8) is 0 Å². The van der Waals surface area contributed by atoms with E-state index < -0.39 is 18.8 Å². The number of nitrogens with zero attached hydrogens (tertiary/aromatic N) is 5. The predicted octanol–water partition coefficient (Wildman–Crippen LogP) is 4.30. The first-order valence-corrected chi connectivity index (χ1v) is 11.9. The summed E-state index contributed by atoms with van der Waals surface area (Å²) >= 11 is 12.7. The highest BCUT2D eigenvalue weighted by molar-refractivity contribution is 6.39. The fraction of sp³-hybridized carbons (Fsp3) is 0.409. The lowest BCUT2D eigenvalue weighted by Crippen LogP contribution is -2.39. The standard InChI is InChI=1S/C22H21Cl2F3N8O2/c23-13-5-10(7-28)6-14(24)17(13)33-21-31-15-8-30-20(32-16(9-36)22(25,26)27)34-19(15)35(21)12-3-1-11(2-4-12)18(29)37/h5-6,8,11-12,16,36H,1-4,9H2,(H2,29,37)(H,31,33)(H,30,32,34)/t11-,12+,16-/m1/s1. The summed E-state index contributed by atoms with van der Waals surface area (Å²) in [5.41, 5.74) is 6.49. The number of hydrogen-bond acceptors (Lipinski definition) is 8. The first-order chi connectivity index (χ1) is 17.5. The van der Waals surface area contributed by atoms with Gasteiger partial charge in [0.1, 0.15) is 11.6 Å². The third-order valence-corrected chi connectivity index (χ3v) is 6.78. The molecule has 4 rings (SSSR count). The first kappa shape index (κ1) is 26.7. The molecule has 5 N–H and O–H groups in total. The molecule has 1 saturated carbocycles. The second-order valence-corrected chi connectivity index (χ2v) is 9.40. The van der Waals surface area contributed by atoms with Gasteiger partial charge < -0.3 is 21.5 Å². The summed E-state index contributed by atoms with van der Waals surface area (Å²) in [5.74, 6) is -0.780. The topological polar surface area (TPSA) is 155 Å². The fourth-order valence-corrected chi connectivity index (χ4v) is 4.85. The van der Waals surface area contributed by atoms with Crippen LogP contribution in [0.4, 0.5) is 30.8 Å². The van der Waals surface area contributed by atoms with Gasteiger partial charge in [-0.05, 0) is 37.8 Å². The quantitative estimate of drug-likeness (QED) is 0.335. The summed E-state index contributed by atoms with van der Waals surface area (Å²) < 4.78 is 41.2. The van der Waals surface area contributed by atoms with Gasteiger partial charge in [-0.25, -0.2) is 9.97 Å². The number of nitrogens with two attached hydrogens (primary N) is 1. The lowest BCUT2D eigenvalue weighted by molar-refractivity contribution is -0.149. The van der Waals surface area contributed by atoms with E-state index in [-0.39, 0.29) is 62.2 Å². The number of halogens is 5. The van der Waals surface area contributed by atoms with Crippen LogP contribution in [0.5, 0.6) is 0 Å². The smallest absolute Gasteiger partial charge is 0.394 e. The number of imidazole rings is 1. The van der Waals surface area contributed by atoms with E-state index in [9.17, 15) is 23.1 Å². The van der Waals surface area contributed by atoms with Crippen LogP contribution in [0.2, 0.25) is 10.0 Å². The van der Waals surface area contributed by atoms with Crippen molar-refractivity contribution in [2.45, 2.75) is 43.9 Å². The number of aliphatic hydroxyl groups excluding tert-OH is 1. The lowest BCUT2D eigenvalue weighted by Gasteiger charge is -2.29. The highest BCUT2D eigenvalue weighted by Crippen LogP contribution is 2.39. The molecule has 0 bridgehead atoms. The second kappa shape index (κ2) is 10.6. The van der Waals surface area contributed by atoms with E-state index in [1.54, 1.807) is 4.57 Å². The summed E-state index contributed by atoms with van der Waals surface area (Å²) in [7, 11) is 0. The van der Waals surface area contributed by atoms with Crippen molar-refractivity contribution in [2.75, 3.05) is 17.2 Å². The Morgan fingerprint density at radius 1 is 1.24 bits per heavy atom. The van der Waals surface area contributed by atoms with E-state index in [1.807, 2.05) is 6.07 Å². The molecule has 2 heterocycles. The number of primary amides is 1. The van der Waals surface area contributed by atoms with Crippen LogP contribution in [-0.4, -0.2) is 49.4 Å². The Bertz CT molecular complexity index is 1340. The molecule has 1 aromatic carbocycles. The number of alkyl halides is 3. The molecule has 1 fully saturated rings. The zero-order valence-electron chi connectivity index (χ0n) is 19.1. The molecule has 0 aliphatic heterocycles. The molecule has 1 atom stereocenters. The number of carbonyl (C=O) groups is 1. The minimum atomic E-state index is -4.73. The number of hydrogen-bond donors (Lipinski definition) is 4. The maximum atomic E-state index is 13.2. The van der Waals surface area contributed by atoms with Gasteiger partial charge in [-0.1, -0.05) is 23.2 Å². The molecule has 3 aromatic rings. The molecule has 0 unspecified atom stereocenters. The van der Waals surface area contributed by atoms with Gasteiger partial charge in [0.25, 0.3) is 0 Å². The number of nitrogens with one attached hydrogen (secondary N) is 2. The number of benzene rings is 1. The minimum absolute atomic E-state index is 0.157. The van der Waals surface area contributed by atoms with Gasteiger partial charge in [0, 0.05) is 12.0 Å². The molecule has 10 nitrogen and oxygen atoms in total. The third-order valence-electron chi connectivity index (χ3n) is 6.19. The van der Waals surface area contributed by atoms with Crippen LogP contribution in [0.1, 0.15) is 37.3 Å². The zero-order chi connectivity index (χ0) is 26.9. The van der Waals surface area contributed by atoms with Gasteiger partial charge in [0.05, 0.1) is 40.2 Å². The van der Waals surface area contributed by atoms with Crippen molar-refractivity contribution in [1.29, 1.82) is 5.26 Å². The number of rotatable bonds is 7. The Kier molecular flexibility index (Phi) is 7.63. The van der Waals surface area contributed by atoms with E-state index in [1.165, 1.54) is 18.3 Å². The molecule has 1 aliphatic carbocycles. The maximum Gasteiger partial charge on any atom is 0.410 e. The molecule has 2 aromatic heterocycles. The number of amides is 1. The van der Waals surface area contributed by atoms with Crippen LogP contribution in [-0.2, 0) is 4.79 Å². The number of fused-ring (bicyclic) bond motifs is 1. The number of carbonyl (C=O) groups excluding carboxylic acids is 1. The summed E-state index contributed by atoms with van der Waals surface area (Å²) in [6.07, 6.45) is -1.40. The van der Waals surface area contributed by atoms with Crippen molar-refractivity contribution in [3.05, 3.63) is 33.9 Å². The molecule has 1 aliphatic rings. The van der Waals surface area contributed by atoms with E-state index in [2.05, 4.69) is 25.6 Å². The highest BCUT2D eigenvalue weighted by Gasteiger charge is 2.40. The van der Waals surface area contributed by atoms with Crippen LogP contribution in [0.25, 0.3) is 11.2 Å². The highest BCUT2D eigenvalue weighted by atomic mass is 35.5. The predicted molar refractivity (Wildman–Crippen MR) is 131 cm³/mol. The molecular formula is C22H21Cl2F3N8O2. The van der Waals surface area contributed by atoms with Gasteiger partial charge >= 0.3 is 6.18 Å². The zero-order valence-corrected chi connectivity index (χ0v) is 20.6. The SMILES string of the molecule is N#Cc1cc(Cl)c(Nc2nc3cnc(N[C@H](CO)C(F)(F)F)nc3n2[C@H]2CC[C@@H](C(N)=O)CC2)c(Cl)c1. The van der Waals surface area contributed by atoms with Crippen molar-refractivity contribution in [3.8, 4) is 6.07 Å². The van der Waals surface area contributed by atoms with E-state index in [0.717, 1.165) is 0 Å². The average Bonchev–Trinajstić information content (AvgIpc) is 3.21. The summed E-state index contributed by atoms with van der Waals surface area (Å²) in [4.78, 5) is 24.3. The molecule has 1 amide bonds. The number of aliphatic hydroxyl groups is 1. The second-order valence-electron chi connectivity index (χ2n) is 8.59. The Labute approximate surface area is 218 Å². The van der Waals surface area contributed by atoms with Gasteiger partial charge in [0.15, 0.2) is 5.65 Å². The van der Waals surface area contributed by atoms with Crippen molar-refractivity contribution < 1.29 is 23.1 Å². The molecule has 196 valence electrons. The maximum absolute atomic E-state index is 13.2. The van der Waals surface area contributed by atoms with Crippen molar-refractivity contribution >= 4 is 57.9 Å². The van der Waals surface area contributed by atoms with E-state index in [4.69, 9.17) is 34.2 Å². The molecule has 37 heavy (non-hydrogen) atoms. The van der Waals surface area contributed by atoms with Crippen LogP contribution in [0.3, 0.4) is 0 Å². The van der Waals surface area contributed by atoms with Crippen LogP contribution >= 0.6 is 23.2 Å². The lowest BCUT2D eigenvalue weighted by atomic mass is 9.85. The Morgan fingerprint density at radius 2 is 1.89 bits per heavy atom. The first-order valence-electron chi connectivity index (χ1n) is 11.2. The van der Waals surface area contributed by atoms with E-state index in [0.29, 0.717) is 25.7 Å². The molecular weight excluding hydrogens is 536 g/mol. The number of nitriles is 1. The van der Waals surface area contributed by atoms with Crippen molar-refractivity contribution in [1.82, 2.24) is 19.5 Å². The van der Waals surface area contributed by atoms with Crippen LogP contribution in [0.15, 0.2) is 18.3 Å². The van der Waals surface area contributed by atoms with Gasteiger partial charge in [0.2, 0.25) is 17.8 Å². The van der Waals surface area contributed by atoms with E-state index >= 15 is 0 Å². The minimum Gasteiger partial charge on any atom is -0.394 e. The summed E-state index contributed by atoms with van der Waals surface area (Å²) in [5, 5.41) is 23.8. The Morgan fingerprint density at radius 3 is 2.43 bits per heavy atom. The molecule has 0 spiro atoms. The Balaban J connectivity index is 1.78. The van der Waals surface area contributed by atoms with Gasteiger partial charge in [-0.2, -0.15) is 23.4 Å². The fourth-order valence-electron chi connectivity index (χ4n) is 4.27. The summed E-state index contributed by atoms with van der Waals surface area (Å²) in [6, 6.07) is 2.31. The molecule has 0 radical (unpaired) electrons. The van der Waals surface area contributed by atoms with Crippen LogP contribution < -0.4 is 16.4 Å². The molecule has 0 saturated heterocycles. The largest absolute Gasteiger partial charge is 0.410 e. The average molecular weight is 557 g/mol.